The third-order valence-corrected chi connectivity index (χ3v) is 2.10. The number of hydrogen-bond donors (Lipinski definition) is 1. The van der Waals surface area contributed by atoms with Gasteiger partial charge in [0.1, 0.15) is 0 Å². The van der Waals surface area contributed by atoms with Crippen molar-refractivity contribution in [3.8, 4) is 5.88 Å². The zero-order valence-electron chi connectivity index (χ0n) is 7.71. The quantitative estimate of drug-likeness (QED) is 0.732. The fourth-order valence-electron chi connectivity index (χ4n) is 1.06. The summed E-state index contributed by atoms with van der Waals surface area (Å²) in [4.78, 5) is 0. The van der Waals surface area contributed by atoms with Crippen LogP contribution in [0.15, 0.2) is 12.3 Å². The Balaban J connectivity index is 2.25. The lowest BCUT2D eigenvalue weighted by atomic mass is 10.1. The zero-order chi connectivity index (χ0) is 8.81. The Morgan fingerprint density at radius 1 is 1.50 bits per heavy atom. The van der Waals surface area contributed by atoms with Crippen LogP contribution in [0.4, 0.5) is 0 Å². The van der Waals surface area contributed by atoms with E-state index < -0.39 is 0 Å². The van der Waals surface area contributed by atoms with E-state index in [2.05, 4.69) is 24.0 Å². The van der Waals surface area contributed by atoms with Gasteiger partial charge in [0.15, 0.2) is 0 Å². The Kier molecular flexibility index (Phi) is 3.64. The first-order valence-corrected chi connectivity index (χ1v) is 4.49. The summed E-state index contributed by atoms with van der Waals surface area (Å²) in [5, 5.41) is 6.57. The molecule has 1 heterocycles. The van der Waals surface area contributed by atoms with Gasteiger partial charge < -0.3 is 4.74 Å². The van der Waals surface area contributed by atoms with E-state index in [-0.39, 0.29) is 0 Å². The molecule has 0 unspecified atom stereocenters. The number of aromatic nitrogens is 2. The van der Waals surface area contributed by atoms with E-state index in [4.69, 9.17) is 4.74 Å². The predicted molar refractivity (Wildman–Crippen MR) is 48.2 cm³/mol. The van der Waals surface area contributed by atoms with Crippen molar-refractivity contribution in [2.75, 3.05) is 6.61 Å². The first-order valence-electron chi connectivity index (χ1n) is 4.49. The highest BCUT2D eigenvalue weighted by Gasteiger charge is 2.04. The molecule has 1 rings (SSSR count). The third kappa shape index (κ3) is 2.57. The smallest absolute Gasteiger partial charge is 0.209 e. The van der Waals surface area contributed by atoms with Crippen molar-refractivity contribution in [2.24, 2.45) is 5.92 Å². The molecule has 0 fully saturated rings. The molecule has 0 saturated heterocycles. The van der Waals surface area contributed by atoms with Crippen LogP contribution >= 0.6 is 0 Å². The lowest BCUT2D eigenvalue weighted by Crippen LogP contribution is -2.10. The second-order valence-electron chi connectivity index (χ2n) is 2.91. The van der Waals surface area contributed by atoms with Crippen LogP contribution < -0.4 is 4.74 Å². The van der Waals surface area contributed by atoms with E-state index in [1.165, 1.54) is 12.8 Å². The molecule has 0 atom stereocenters. The van der Waals surface area contributed by atoms with Crippen molar-refractivity contribution in [1.82, 2.24) is 10.2 Å². The summed E-state index contributed by atoms with van der Waals surface area (Å²) in [6.45, 7) is 5.16. The molecule has 3 heteroatoms. The molecule has 0 amide bonds. The van der Waals surface area contributed by atoms with Crippen LogP contribution in [0.3, 0.4) is 0 Å². The average molecular weight is 168 g/mol. The maximum Gasteiger partial charge on any atom is 0.209 e. The lowest BCUT2D eigenvalue weighted by Gasteiger charge is -2.11. The summed E-state index contributed by atoms with van der Waals surface area (Å²) < 4.78 is 5.47. The van der Waals surface area contributed by atoms with Crippen LogP contribution in [0.2, 0.25) is 0 Å². The Hall–Kier alpha value is -0.990. The highest BCUT2D eigenvalue weighted by molar-refractivity contribution is 5.03. The van der Waals surface area contributed by atoms with E-state index in [1.54, 1.807) is 6.20 Å². The second kappa shape index (κ2) is 4.80. The molecule has 0 saturated carbocycles. The van der Waals surface area contributed by atoms with Gasteiger partial charge in [0.2, 0.25) is 5.88 Å². The number of nitrogens with one attached hydrogen (secondary N) is 1. The molecule has 0 aromatic carbocycles. The number of ether oxygens (including phenoxy) is 1. The van der Waals surface area contributed by atoms with Crippen molar-refractivity contribution in [2.45, 2.75) is 26.7 Å². The van der Waals surface area contributed by atoms with Crippen molar-refractivity contribution in [3.05, 3.63) is 12.3 Å². The summed E-state index contributed by atoms with van der Waals surface area (Å²) in [5.41, 5.74) is 0. The minimum absolute atomic E-state index is 0.660. The van der Waals surface area contributed by atoms with Crippen LogP contribution in [0.5, 0.6) is 5.88 Å². The van der Waals surface area contributed by atoms with Crippen molar-refractivity contribution in [1.29, 1.82) is 0 Å². The first kappa shape index (κ1) is 9.10. The van der Waals surface area contributed by atoms with E-state index >= 15 is 0 Å². The summed E-state index contributed by atoms with van der Waals surface area (Å²) in [6.07, 6.45) is 4.04. The van der Waals surface area contributed by atoms with Crippen LogP contribution in [0.25, 0.3) is 0 Å². The molecule has 0 aliphatic rings. The van der Waals surface area contributed by atoms with Gasteiger partial charge in [-0.05, 0) is 5.92 Å². The highest BCUT2D eigenvalue weighted by Crippen LogP contribution is 2.10. The van der Waals surface area contributed by atoms with Crippen molar-refractivity contribution >= 4 is 0 Å². The Bertz CT molecular complexity index is 192. The minimum atomic E-state index is 0.660. The number of hydrogen-bond acceptors (Lipinski definition) is 2. The fourth-order valence-corrected chi connectivity index (χ4v) is 1.06. The standard InChI is InChI=1S/C9H16N2O/c1-3-8(4-2)7-12-9-5-6-10-11-9/h5-6,8H,3-4,7H2,1-2H3,(H,10,11). The molecule has 1 aromatic rings. The van der Waals surface area contributed by atoms with E-state index in [0.717, 1.165) is 12.5 Å². The second-order valence-corrected chi connectivity index (χ2v) is 2.91. The van der Waals surface area contributed by atoms with Crippen LogP contribution in [-0.2, 0) is 0 Å². The Labute approximate surface area is 73.1 Å². The fraction of sp³-hybridized carbons (Fsp3) is 0.667. The minimum Gasteiger partial charge on any atom is -0.478 e. The number of H-pyrrole nitrogens is 1. The summed E-state index contributed by atoms with van der Waals surface area (Å²) in [5.74, 6) is 1.43. The van der Waals surface area contributed by atoms with Crippen molar-refractivity contribution in [3.63, 3.8) is 0 Å². The number of rotatable bonds is 5. The summed E-state index contributed by atoms with van der Waals surface area (Å²) >= 11 is 0. The topological polar surface area (TPSA) is 37.9 Å². The van der Waals surface area contributed by atoms with Gasteiger partial charge in [-0.25, -0.2) is 5.10 Å². The molecule has 0 radical (unpaired) electrons. The largest absolute Gasteiger partial charge is 0.478 e. The molecular weight excluding hydrogens is 152 g/mol. The maximum atomic E-state index is 5.47. The summed E-state index contributed by atoms with van der Waals surface area (Å²) in [7, 11) is 0. The van der Waals surface area contributed by atoms with Gasteiger partial charge in [-0.15, -0.1) is 0 Å². The molecule has 68 valence electrons. The molecule has 12 heavy (non-hydrogen) atoms. The third-order valence-electron chi connectivity index (χ3n) is 2.10. The van der Waals surface area contributed by atoms with Crippen LogP contribution in [0.1, 0.15) is 26.7 Å². The van der Waals surface area contributed by atoms with Gasteiger partial charge in [-0.2, -0.15) is 5.10 Å². The van der Waals surface area contributed by atoms with Gasteiger partial charge >= 0.3 is 0 Å². The molecule has 3 nitrogen and oxygen atoms in total. The van der Waals surface area contributed by atoms with E-state index in [1.807, 2.05) is 6.07 Å². The maximum absolute atomic E-state index is 5.47. The van der Waals surface area contributed by atoms with Gasteiger partial charge in [-0.3, -0.25) is 0 Å². The SMILES string of the molecule is CCC(CC)COc1ccn[nH]1. The molecular formula is C9H16N2O. The van der Waals surface area contributed by atoms with Crippen LogP contribution in [-0.4, -0.2) is 16.8 Å². The molecule has 0 aliphatic heterocycles. The lowest BCUT2D eigenvalue weighted by molar-refractivity contribution is 0.232. The Morgan fingerprint density at radius 2 is 2.25 bits per heavy atom. The average Bonchev–Trinajstić information content (AvgIpc) is 2.59. The van der Waals surface area contributed by atoms with Gasteiger partial charge in [-0.1, -0.05) is 26.7 Å². The molecule has 0 bridgehead atoms. The van der Waals surface area contributed by atoms with Gasteiger partial charge in [0.25, 0.3) is 0 Å². The number of nitrogens with zero attached hydrogens (tertiary/aromatic N) is 1. The zero-order valence-corrected chi connectivity index (χ0v) is 7.71. The normalized spacial score (nSPS) is 10.6. The van der Waals surface area contributed by atoms with Gasteiger partial charge in [0, 0.05) is 6.07 Å². The molecule has 1 N–H and O–H groups in total. The molecule has 1 aromatic heterocycles. The Morgan fingerprint density at radius 3 is 2.75 bits per heavy atom. The van der Waals surface area contributed by atoms with E-state index in [0.29, 0.717) is 5.92 Å². The predicted octanol–water partition coefficient (Wildman–Crippen LogP) is 2.22. The highest BCUT2D eigenvalue weighted by atomic mass is 16.5. The first-order chi connectivity index (χ1) is 5.86. The number of aromatic amines is 1. The van der Waals surface area contributed by atoms with Crippen LogP contribution in [0, 0.1) is 5.92 Å². The molecule has 0 aliphatic carbocycles. The molecule has 0 spiro atoms. The summed E-state index contributed by atoms with van der Waals surface area (Å²) in [6, 6.07) is 1.84. The van der Waals surface area contributed by atoms with E-state index in [9.17, 15) is 0 Å². The van der Waals surface area contributed by atoms with Gasteiger partial charge in [0.05, 0.1) is 12.8 Å². The van der Waals surface area contributed by atoms with Crippen molar-refractivity contribution < 1.29 is 4.74 Å². The monoisotopic (exact) mass is 168 g/mol.